The molecule has 1 aromatic heterocycles. The van der Waals surface area contributed by atoms with E-state index >= 15 is 0 Å². The summed E-state index contributed by atoms with van der Waals surface area (Å²) in [6, 6.07) is 9.39. The van der Waals surface area contributed by atoms with Crippen LogP contribution in [0, 0.1) is 13.8 Å². The van der Waals surface area contributed by atoms with E-state index in [9.17, 15) is 9.59 Å². The summed E-state index contributed by atoms with van der Waals surface area (Å²) in [4.78, 5) is 24.3. The molecule has 1 heterocycles. The Morgan fingerprint density at radius 2 is 1.96 bits per heavy atom. The number of nitrogens with one attached hydrogen (secondary N) is 2. The van der Waals surface area contributed by atoms with Crippen molar-refractivity contribution in [2.45, 2.75) is 13.8 Å². The summed E-state index contributed by atoms with van der Waals surface area (Å²) in [5, 5.41) is 8.29. The van der Waals surface area contributed by atoms with Crippen LogP contribution in [0.5, 0.6) is 5.75 Å². The van der Waals surface area contributed by atoms with E-state index in [1.54, 1.807) is 12.3 Å². The van der Waals surface area contributed by atoms with Crippen LogP contribution in [-0.2, 0) is 9.59 Å². The maximum absolute atomic E-state index is 11.7. The normalized spacial score (nSPS) is 10.6. The monoisotopic (exact) mass is 345 g/mol. The molecule has 0 atom stereocenters. The van der Waals surface area contributed by atoms with Crippen LogP contribution in [0.25, 0.3) is 0 Å². The minimum Gasteiger partial charge on any atom is -0.484 e. The molecular weight excluding hydrogens is 326 g/mol. The first-order valence-corrected chi connectivity index (χ1v) is 8.25. The lowest BCUT2D eigenvalue weighted by Crippen LogP contribution is -2.37. The van der Waals surface area contributed by atoms with Crippen LogP contribution in [0.1, 0.15) is 16.0 Å². The molecule has 6 nitrogen and oxygen atoms in total. The number of para-hydroxylation sites is 1. The Kier molecular flexibility index (Phi) is 6.51. The summed E-state index contributed by atoms with van der Waals surface area (Å²) in [7, 11) is 0. The van der Waals surface area contributed by atoms with E-state index in [0.29, 0.717) is 5.75 Å². The quantitative estimate of drug-likeness (QED) is 0.595. The van der Waals surface area contributed by atoms with Gasteiger partial charge in [0.15, 0.2) is 6.61 Å². The largest absolute Gasteiger partial charge is 0.484 e. The van der Waals surface area contributed by atoms with E-state index in [-0.39, 0.29) is 19.1 Å². The molecule has 0 aliphatic rings. The van der Waals surface area contributed by atoms with Crippen LogP contribution in [-0.4, -0.2) is 31.2 Å². The van der Waals surface area contributed by atoms with E-state index < -0.39 is 5.91 Å². The van der Waals surface area contributed by atoms with Crippen LogP contribution < -0.4 is 15.5 Å². The lowest BCUT2D eigenvalue weighted by molar-refractivity contribution is -0.127. The fourth-order valence-electron chi connectivity index (χ4n) is 1.81. The van der Waals surface area contributed by atoms with Gasteiger partial charge in [-0.2, -0.15) is 5.10 Å². The topological polar surface area (TPSA) is 79.8 Å². The van der Waals surface area contributed by atoms with Gasteiger partial charge in [-0.05, 0) is 42.5 Å². The summed E-state index contributed by atoms with van der Waals surface area (Å²) in [5.74, 6) is -0.121. The van der Waals surface area contributed by atoms with Gasteiger partial charge in [0.25, 0.3) is 11.8 Å². The number of ether oxygens (including phenoxy) is 1. The summed E-state index contributed by atoms with van der Waals surface area (Å²) in [6.07, 6.45) is 1.58. The Morgan fingerprint density at radius 1 is 1.17 bits per heavy atom. The number of rotatable bonds is 7. The predicted molar refractivity (Wildman–Crippen MR) is 94.5 cm³/mol. The van der Waals surface area contributed by atoms with Crippen LogP contribution in [0.15, 0.2) is 40.8 Å². The number of thiophene rings is 1. The zero-order valence-electron chi connectivity index (χ0n) is 13.5. The molecule has 0 saturated carbocycles. The Hall–Kier alpha value is -2.67. The molecule has 2 N–H and O–H groups in total. The summed E-state index contributed by atoms with van der Waals surface area (Å²) >= 11 is 1.54. The van der Waals surface area contributed by atoms with E-state index in [2.05, 4.69) is 15.8 Å². The molecule has 2 rings (SSSR count). The second-order valence-electron chi connectivity index (χ2n) is 5.09. The third-order valence-electron chi connectivity index (χ3n) is 3.17. The van der Waals surface area contributed by atoms with Gasteiger partial charge in [-0.3, -0.25) is 9.59 Å². The first-order chi connectivity index (χ1) is 11.6. The molecule has 0 fully saturated rings. The lowest BCUT2D eigenvalue weighted by Gasteiger charge is -2.08. The number of benzene rings is 1. The fourth-order valence-corrected chi connectivity index (χ4v) is 2.60. The predicted octanol–water partition coefficient (Wildman–Crippen LogP) is 2.01. The SMILES string of the molecule is Cc1ccccc1OCC(=O)NCC(=O)N/N=C/c1sccc1C. The van der Waals surface area contributed by atoms with Crippen molar-refractivity contribution in [3.63, 3.8) is 0 Å². The van der Waals surface area contributed by atoms with Gasteiger partial charge in [-0.15, -0.1) is 11.3 Å². The van der Waals surface area contributed by atoms with E-state index in [0.717, 1.165) is 16.0 Å². The van der Waals surface area contributed by atoms with Gasteiger partial charge in [0.2, 0.25) is 0 Å². The average Bonchev–Trinajstić information content (AvgIpc) is 2.97. The van der Waals surface area contributed by atoms with Crippen molar-refractivity contribution < 1.29 is 14.3 Å². The van der Waals surface area contributed by atoms with Gasteiger partial charge in [0, 0.05) is 4.88 Å². The number of carbonyl (C=O) groups is 2. The van der Waals surface area contributed by atoms with Crippen molar-refractivity contribution in [1.29, 1.82) is 0 Å². The number of aryl methyl sites for hydroxylation is 2. The Morgan fingerprint density at radius 3 is 2.67 bits per heavy atom. The molecule has 24 heavy (non-hydrogen) atoms. The second kappa shape index (κ2) is 8.83. The zero-order chi connectivity index (χ0) is 17.4. The molecule has 1 aromatic carbocycles. The smallest absolute Gasteiger partial charge is 0.259 e. The number of hydrogen-bond donors (Lipinski definition) is 2. The van der Waals surface area contributed by atoms with Crippen LogP contribution >= 0.6 is 11.3 Å². The molecular formula is C17H19N3O3S. The van der Waals surface area contributed by atoms with Crippen molar-refractivity contribution in [3.05, 3.63) is 51.7 Å². The van der Waals surface area contributed by atoms with Crippen molar-refractivity contribution in [3.8, 4) is 5.75 Å². The van der Waals surface area contributed by atoms with Gasteiger partial charge < -0.3 is 10.1 Å². The fraction of sp³-hybridized carbons (Fsp3) is 0.235. The molecule has 0 bridgehead atoms. The van der Waals surface area contributed by atoms with Crippen LogP contribution in [0.2, 0.25) is 0 Å². The molecule has 0 saturated heterocycles. The number of nitrogens with zero attached hydrogens (tertiary/aromatic N) is 1. The van der Waals surface area contributed by atoms with Crippen molar-refractivity contribution >= 4 is 29.4 Å². The first kappa shape index (κ1) is 17.7. The van der Waals surface area contributed by atoms with Gasteiger partial charge >= 0.3 is 0 Å². The number of amides is 2. The average molecular weight is 345 g/mol. The Bertz CT molecular complexity index is 740. The third kappa shape index (κ3) is 5.51. The number of carbonyl (C=O) groups excluding carboxylic acids is 2. The van der Waals surface area contributed by atoms with Gasteiger partial charge in [0.05, 0.1) is 12.8 Å². The maximum Gasteiger partial charge on any atom is 0.259 e. The third-order valence-corrected chi connectivity index (χ3v) is 4.12. The van der Waals surface area contributed by atoms with Crippen molar-refractivity contribution in [2.24, 2.45) is 5.10 Å². The molecule has 7 heteroatoms. The van der Waals surface area contributed by atoms with Gasteiger partial charge in [-0.1, -0.05) is 18.2 Å². The van der Waals surface area contributed by atoms with E-state index in [4.69, 9.17) is 4.74 Å². The first-order valence-electron chi connectivity index (χ1n) is 7.37. The molecule has 0 spiro atoms. The molecule has 2 aromatic rings. The highest BCUT2D eigenvalue weighted by molar-refractivity contribution is 7.11. The van der Waals surface area contributed by atoms with Crippen molar-refractivity contribution in [2.75, 3.05) is 13.2 Å². The second-order valence-corrected chi connectivity index (χ2v) is 6.04. The van der Waals surface area contributed by atoms with Crippen LogP contribution in [0.4, 0.5) is 0 Å². The minimum absolute atomic E-state index is 0.143. The highest BCUT2D eigenvalue weighted by Gasteiger charge is 2.06. The Balaban J connectivity index is 1.68. The number of hydrogen-bond acceptors (Lipinski definition) is 5. The molecule has 2 amide bonds. The molecule has 0 radical (unpaired) electrons. The highest BCUT2D eigenvalue weighted by Crippen LogP contribution is 2.15. The summed E-state index contributed by atoms with van der Waals surface area (Å²) < 4.78 is 5.40. The zero-order valence-corrected chi connectivity index (χ0v) is 14.4. The van der Waals surface area contributed by atoms with Crippen molar-refractivity contribution in [1.82, 2.24) is 10.7 Å². The van der Waals surface area contributed by atoms with E-state index in [1.807, 2.05) is 43.5 Å². The minimum atomic E-state index is -0.398. The summed E-state index contributed by atoms with van der Waals surface area (Å²) in [5.41, 5.74) is 4.41. The maximum atomic E-state index is 11.7. The lowest BCUT2D eigenvalue weighted by atomic mass is 10.2. The molecule has 0 aliphatic carbocycles. The van der Waals surface area contributed by atoms with E-state index in [1.165, 1.54) is 11.3 Å². The molecule has 0 aliphatic heterocycles. The molecule has 126 valence electrons. The highest BCUT2D eigenvalue weighted by atomic mass is 32.1. The van der Waals surface area contributed by atoms with Crippen LogP contribution in [0.3, 0.4) is 0 Å². The Labute approximate surface area is 144 Å². The standard InChI is InChI=1S/C17H19N3O3S/c1-12-5-3-4-6-14(12)23-11-17(22)18-10-16(21)20-19-9-15-13(2)7-8-24-15/h3-9H,10-11H2,1-2H3,(H,18,22)(H,20,21)/b19-9+. The number of hydrazone groups is 1. The van der Waals surface area contributed by atoms with Gasteiger partial charge in [0.1, 0.15) is 5.75 Å². The molecule has 0 unspecified atom stereocenters. The summed E-state index contributed by atoms with van der Waals surface area (Å²) in [6.45, 7) is 3.56. The van der Waals surface area contributed by atoms with Gasteiger partial charge in [-0.25, -0.2) is 5.43 Å².